The molecule has 2 N–H and O–H groups in total. The first-order chi connectivity index (χ1) is 11.6. The maximum absolute atomic E-state index is 11.5. The number of fused-ring (bicyclic) bond motifs is 1. The first kappa shape index (κ1) is 16.3. The first-order valence-corrected chi connectivity index (χ1v) is 7.81. The summed E-state index contributed by atoms with van der Waals surface area (Å²) in [6.07, 6.45) is 3.57. The number of hydrogen-bond acceptors (Lipinski definition) is 4. The molecule has 124 valence electrons. The van der Waals surface area contributed by atoms with Crippen molar-refractivity contribution in [2.24, 2.45) is 0 Å². The number of carbonyl (C=O) groups excluding carboxylic acids is 1. The van der Waals surface area contributed by atoms with Gasteiger partial charge in [0, 0.05) is 29.9 Å². The number of nitrogens with one attached hydrogen (secondary N) is 1. The number of aryl methyl sites for hydroxylation is 1. The van der Waals surface area contributed by atoms with Crippen molar-refractivity contribution in [3.8, 4) is 5.75 Å². The number of para-hydroxylation sites is 1. The Labute approximate surface area is 143 Å². The van der Waals surface area contributed by atoms with Crippen LogP contribution in [0.5, 0.6) is 5.75 Å². The number of aromatic nitrogens is 2. The fraction of sp³-hybridized carbons (Fsp3) is 0.176. The molecule has 0 aliphatic rings. The zero-order chi connectivity index (χ0) is 17.1. The van der Waals surface area contributed by atoms with E-state index in [0.29, 0.717) is 17.4 Å². The molecule has 3 aromatic rings. The van der Waals surface area contributed by atoms with Crippen molar-refractivity contribution >= 4 is 28.4 Å². The largest absolute Gasteiger partial charge is 0.487 e. The van der Waals surface area contributed by atoms with Gasteiger partial charge in [-0.1, -0.05) is 23.7 Å². The van der Waals surface area contributed by atoms with Crippen LogP contribution in [0.1, 0.15) is 23.0 Å². The van der Waals surface area contributed by atoms with Crippen LogP contribution in [0, 0.1) is 0 Å². The molecule has 0 radical (unpaired) electrons. The summed E-state index contributed by atoms with van der Waals surface area (Å²) in [6, 6.07) is 8.92. The molecule has 0 saturated carbocycles. The number of pyridine rings is 1. The highest BCUT2D eigenvalue weighted by molar-refractivity contribution is 6.32. The molecule has 1 aromatic carbocycles. The molecule has 0 aliphatic carbocycles. The van der Waals surface area contributed by atoms with E-state index in [1.807, 2.05) is 35.9 Å². The van der Waals surface area contributed by atoms with Gasteiger partial charge in [0.1, 0.15) is 18.1 Å². The van der Waals surface area contributed by atoms with Crippen LogP contribution in [0.3, 0.4) is 0 Å². The lowest BCUT2D eigenvalue weighted by Crippen LogP contribution is -2.19. The number of ether oxygens (including phenoxy) is 1. The highest BCUT2D eigenvalue weighted by Gasteiger charge is 2.13. The molecule has 0 fully saturated rings. The topological polar surface area (TPSA) is 76.4 Å². The van der Waals surface area contributed by atoms with Gasteiger partial charge in [-0.25, -0.2) is 5.48 Å². The van der Waals surface area contributed by atoms with Crippen molar-refractivity contribution in [3.63, 3.8) is 0 Å². The van der Waals surface area contributed by atoms with Gasteiger partial charge in [-0.2, -0.15) is 0 Å². The third-order valence-electron chi connectivity index (χ3n) is 3.74. The molecule has 24 heavy (non-hydrogen) atoms. The van der Waals surface area contributed by atoms with E-state index in [4.69, 9.17) is 21.5 Å². The average Bonchev–Trinajstić information content (AvgIpc) is 2.97. The van der Waals surface area contributed by atoms with E-state index in [-0.39, 0.29) is 5.69 Å². The molecule has 2 aromatic heterocycles. The summed E-state index contributed by atoms with van der Waals surface area (Å²) >= 11 is 6.10. The maximum atomic E-state index is 11.5. The van der Waals surface area contributed by atoms with Crippen molar-refractivity contribution in [2.45, 2.75) is 20.1 Å². The second-order valence-electron chi connectivity index (χ2n) is 5.19. The van der Waals surface area contributed by atoms with Crippen molar-refractivity contribution in [1.82, 2.24) is 15.0 Å². The van der Waals surface area contributed by atoms with Gasteiger partial charge in [-0.3, -0.25) is 15.0 Å². The Morgan fingerprint density at radius 3 is 2.92 bits per heavy atom. The quantitative estimate of drug-likeness (QED) is 0.549. The summed E-state index contributed by atoms with van der Waals surface area (Å²) in [5.74, 6) is -0.0320. The number of hydrogen-bond donors (Lipinski definition) is 2. The number of halogens is 1. The van der Waals surface area contributed by atoms with Crippen LogP contribution in [0.25, 0.3) is 10.9 Å². The molecule has 0 unspecified atom stereocenters. The van der Waals surface area contributed by atoms with Crippen LogP contribution >= 0.6 is 11.6 Å². The van der Waals surface area contributed by atoms with Gasteiger partial charge in [-0.05, 0) is 25.1 Å². The highest BCUT2D eigenvalue weighted by Crippen LogP contribution is 2.27. The van der Waals surface area contributed by atoms with Gasteiger partial charge >= 0.3 is 0 Å². The number of amides is 1. The Morgan fingerprint density at radius 2 is 2.21 bits per heavy atom. The Morgan fingerprint density at radius 1 is 1.42 bits per heavy atom. The maximum Gasteiger partial charge on any atom is 0.293 e. The first-order valence-electron chi connectivity index (χ1n) is 7.43. The van der Waals surface area contributed by atoms with Gasteiger partial charge in [0.2, 0.25) is 0 Å². The third kappa shape index (κ3) is 3.06. The molecule has 0 spiro atoms. The van der Waals surface area contributed by atoms with E-state index in [9.17, 15) is 4.79 Å². The number of nitrogens with zero attached hydrogens (tertiary/aromatic N) is 2. The third-order valence-corrected chi connectivity index (χ3v) is 4.06. The zero-order valence-electron chi connectivity index (χ0n) is 13.0. The lowest BCUT2D eigenvalue weighted by Gasteiger charge is -2.07. The molecule has 1 amide bonds. The van der Waals surface area contributed by atoms with Gasteiger partial charge in [0.25, 0.3) is 5.91 Å². The molecule has 3 rings (SSSR count). The van der Waals surface area contributed by atoms with Crippen LogP contribution in [0.15, 0.2) is 42.7 Å². The molecule has 0 aliphatic heterocycles. The fourth-order valence-corrected chi connectivity index (χ4v) is 2.72. The predicted octanol–water partition coefficient (Wildman–Crippen LogP) is 3.41. The van der Waals surface area contributed by atoms with Crippen LogP contribution in [-0.4, -0.2) is 20.7 Å². The second-order valence-corrected chi connectivity index (χ2v) is 5.59. The monoisotopic (exact) mass is 345 g/mol. The zero-order valence-corrected chi connectivity index (χ0v) is 13.7. The number of rotatable bonds is 5. The standard InChI is InChI=1S/C17H16ClN3O3/c1-2-21-9-11(10-24-16-6-4-3-5-13(16)18)12-8-19-14(7-15(12)21)17(22)20-23/h3-9,23H,2,10H2,1H3,(H,20,22). The molecular formula is C17H16ClN3O3. The Bertz CT molecular complexity index is 892. The molecule has 0 saturated heterocycles. The highest BCUT2D eigenvalue weighted by atomic mass is 35.5. The van der Waals surface area contributed by atoms with Crippen LogP contribution in [0.2, 0.25) is 5.02 Å². The molecule has 6 nitrogen and oxygen atoms in total. The molecule has 7 heteroatoms. The molecule has 0 bridgehead atoms. The molecule has 0 atom stereocenters. The lowest BCUT2D eigenvalue weighted by atomic mass is 10.2. The number of hydroxylamine groups is 1. The molecular weight excluding hydrogens is 330 g/mol. The van der Waals surface area contributed by atoms with Gasteiger partial charge < -0.3 is 9.30 Å². The number of carbonyl (C=O) groups is 1. The Hall–Kier alpha value is -2.57. The van der Waals surface area contributed by atoms with Crippen molar-refractivity contribution in [1.29, 1.82) is 0 Å². The van der Waals surface area contributed by atoms with Crippen molar-refractivity contribution < 1.29 is 14.7 Å². The SMILES string of the molecule is CCn1cc(COc2ccccc2Cl)c2cnc(C(=O)NO)cc21. The van der Waals surface area contributed by atoms with E-state index < -0.39 is 5.91 Å². The molecule has 2 heterocycles. The van der Waals surface area contributed by atoms with Crippen LogP contribution in [-0.2, 0) is 13.2 Å². The fourth-order valence-electron chi connectivity index (χ4n) is 2.53. The van der Waals surface area contributed by atoms with E-state index in [0.717, 1.165) is 23.0 Å². The minimum Gasteiger partial charge on any atom is -0.487 e. The van der Waals surface area contributed by atoms with Gasteiger partial charge in [0.05, 0.1) is 10.5 Å². The van der Waals surface area contributed by atoms with Crippen molar-refractivity contribution in [3.05, 3.63) is 59.0 Å². The summed E-state index contributed by atoms with van der Waals surface area (Å²) in [4.78, 5) is 15.6. The van der Waals surface area contributed by atoms with Gasteiger partial charge in [-0.15, -0.1) is 0 Å². The average molecular weight is 346 g/mol. The Balaban J connectivity index is 1.94. The van der Waals surface area contributed by atoms with E-state index >= 15 is 0 Å². The Kier molecular flexibility index (Phi) is 4.69. The summed E-state index contributed by atoms with van der Waals surface area (Å²) in [5, 5.41) is 10.2. The van der Waals surface area contributed by atoms with E-state index in [1.165, 1.54) is 0 Å². The van der Waals surface area contributed by atoms with E-state index in [2.05, 4.69) is 4.98 Å². The minimum absolute atomic E-state index is 0.149. The predicted molar refractivity (Wildman–Crippen MR) is 90.4 cm³/mol. The number of benzene rings is 1. The second kappa shape index (κ2) is 6.90. The normalized spacial score (nSPS) is 10.8. The summed E-state index contributed by atoms with van der Waals surface area (Å²) < 4.78 is 7.79. The summed E-state index contributed by atoms with van der Waals surface area (Å²) in [7, 11) is 0. The van der Waals surface area contributed by atoms with Crippen LogP contribution < -0.4 is 10.2 Å². The van der Waals surface area contributed by atoms with Crippen molar-refractivity contribution in [2.75, 3.05) is 0 Å². The summed E-state index contributed by atoms with van der Waals surface area (Å²) in [5.41, 5.74) is 3.53. The summed E-state index contributed by atoms with van der Waals surface area (Å²) in [6.45, 7) is 3.07. The minimum atomic E-state index is -0.644. The smallest absolute Gasteiger partial charge is 0.293 e. The van der Waals surface area contributed by atoms with Gasteiger partial charge in [0.15, 0.2) is 0 Å². The lowest BCUT2D eigenvalue weighted by molar-refractivity contribution is 0.0701. The van der Waals surface area contributed by atoms with E-state index in [1.54, 1.807) is 23.8 Å². The van der Waals surface area contributed by atoms with Crippen LogP contribution in [0.4, 0.5) is 0 Å².